The van der Waals surface area contributed by atoms with Gasteiger partial charge in [0.25, 0.3) is 0 Å². The summed E-state index contributed by atoms with van der Waals surface area (Å²) in [5.74, 6) is 0. The molecular formula is C10H17Cl2N3OS. The van der Waals surface area contributed by atoms with Crippen molar-refractivity contribution in [2.24, 2.45) is 0 Å². The van der Waals surface area contributed by atoms with Gasteiger partial charge in [0.15, 0.2) is 0 Å². The van der Waals surface area contributed by atoms with E-state index in [1.165, 1.54) is 0 Å². The minimum absolute atomic E-state index is 0. The molecule has 0 spiro atoms. The molecule has 0 unspecified atom stereocenters. The van der Waals surface area contributed by atoms with Gasteiger partial charge in [-0.25, -0.2) is 9.97 Å². The number of hydrogen-bond acceptors (Lipinski definition) is 5. The maximum Gasteiger partial charge on any atom is 0.316 e. The predicted molar refractivity (Wildman–Crippen MR) is 74.8 cm³/mol. The van der Waals surface area contributed by atoms with E-state index in [4.69, 9.17) is 4.74 Å². The van der Waals surface area contributed by atoms with Crippen LogP contribution in [0.2, 0.25) is 0 Å². The second kappa shape index (κ2) is 8.80. The molecule has 0 aromatic carbocycles. The Morgan fingerprint density at radius 1 is 1.24 bits per heavy atom. The van der Waals surface area contributed by atoms with Crippen molar-refractivity contribution < 1.29 is 4.74 Å². The lowest BCUT2D eigenvalue weighted by molar-refractivity contribution is 0.148. The van der Waals surface area contributed by atoms with Crippen LogP contribution in [0.25, 0.3) is 0 Å². The summed E-state index contributed by atoms with van der Waals surface area (Å²) in [5.41, 5.74) is 0. The second-order valence-electron chi connectivity index (χ2n) is 3.47. The number of piperidine rings is 1. The van der Waals surface area contributed by atoms with E-state index >= 15 is 0 Å². The number of aromatic nitrogens is 2. The highest BCUT2D eigenvalue weighted by Crippen LogP contribution is 2.15. The highest BCUT2D eigenvalue weighted by atomic mass is 35.5. The molecule has 0 amide bonds. The maximum absolute atomic E-state index is 5.68. The maximum atomic E-state index is 5.68. The Bertz CT molecular complexity index is 307. The fourth-order valence-electron chi connectivity index (χ4n) is 1.53. The predicted octanol–water partition coefficient (Wildman–Crippen LogP) is 2.17. The Morgan fingerprint density at radius 3 is 2.35 bits per heavy atom. The van der Waals surface area contributed by atoms with Gasteiger partial charge in [-0.2, -0.15) is 0 Å². The van der Waals surface area contributed by atoms with Crippen molar-refractivity contribution in [3.8, 4) is 6.01 Å². The van der Waals surface area contributed by atoms with E-state index in [2.05, 4.69) is 15.3 Å². The molecule has 0 aliphatic carbocycles. The summed E-state index contributed by atoms with van der Waals surface area (Å²) in [4.78, 5) is 9.40. The van der Waals surface area contributed by atoms with Gasteiger partial charge in [-0.15, -0.1) is 36.6 Å². The van der Waals surface area contributed by atoms with Crippen LogP contribution in [0.3, 0.4) is 0 Å². The number of hydrogen-bond donors (Lipinski definition) is 1. The van der Waals surface area contributed by atoms with E-state index in [0.29, 0.717) is 6.01 Å². The second-order valence-corrected chi connectivity index (χ2v) is 4.35. The van der Waals surface area contributed by atoms with Crippen LogP contribution in [0.5, 0.6) is 6.01 Å². The van der Waals surface area contributed by atoms with E-state index in [0.717, 1.165) is 30.8 Å². The Kier molecular flexibility index (Phi) is 8.68. The zero-order chi connectivity index (χ0) is 10.5. The van der Waals surface area contributed by atoms with E-state index in [-0.39, 0.29) is 30.9 Å². The first-order chi connectivity index (χ1) is 7.38. The monoisotopic (exact) mass is 297 g/mol. The Labute approximate surface area is 118 Å². The third-order valence-electron chi connectivity index (χ3n) is 2.40. The summed E-state index contributed by atoms with van der Waals surface area (Å²) in [6.45, 7) is 2.04. The van der Waals surface area contributed by atoms with Crippen LogP contribution in [0.4, 0.5) is 0 Å². The number of halogens is 2. The van der Waals surface area contributed by atoms with Crippen molar-refractivity contribution in [2.75, 3.05) is 19.3 Å². The first-order valence-electron chi connectivity index (χ1n) is 5.12. The first-order valence-corrected chi connectivity index (χ1v) is 6.34. The molecule has 1 aromatic heterocycles. The van der Waals surface area contributed by atoms with Gasteiger partial charge in [0.1, 0.15) is 6.10 Å². The van der Waals surface area contributed by atoms with Gasteiger partial charge in [0.05, 0.1) is 0 Å². The molecule has 1 aliphatic heterocycles. The molecular weight excluding hydrogens is 281 g/mol. The van der Waals surface area contributed by atoms with E-state index in [9.17, 15) is 0 Å². The number of nitrogens with one attached hydrogen (secondary N) is 1. The Hall–Kier alpha value is -0.230. The highest BCUT2D eigenvalue weighted by Gasteiger charge is 2.15. The summed E-state index contributed by atoms with van der Waals surface area (Å²) in [5, 5.41) is 3.29. The van der Waals surface area contributed by atoms with Gasteiger partial charge in [-0.3, -0.25) is 0 Å². The lowest BCUT2D eigenvalue weighted by Gasteiger charge is -2.22. The molecule has 1 aliphatic rings. The average molecular weight is 298 g/mol. The molecule has 2 heterocycles. The molecule has 1 N–H and O–H groups in total. The largest absolute Gasteiger partial charge is 0.460 e. The highest BCUT2D eigenvalue weighted by molar-refractivity contribution is 7.98. The standard InChI is InChI=1S/C10H15N3OS.2ClH/c1-15-9-6-12-10(13-7-9)14-8-2-4-11-5-3-8;;/h6-8,11H,2-5H2,1H3;2*1H. The van der Waals surface area contributed by atoms with Crippen molar-refractivity contribution in [2.45, 2.75) is 23.8 Å². The zero-order valence-corrected chi connectivity index (χ0v) is 12.0. The molecule has 0 saturated carbocycles. The van der Waals surface area contributed by atoms with Crippen LogP contribution in [-0.4, -0.2) is 35.4 Å². The van der Waals surface area contributed by atoms with Gasteiger partial charge >= 0.3 is 6.01 Å². The van der Waals surface area contributed by atoms with Gasteiger partial charge in [0.2, 0.25) is 0 Å². The minimum Gasteiger partial charge on any atom is -0.460 e. The normalized spacial score (nSPS) is 15.6. The Balaban J connectivity index is 0.00000128. The summed E-state index contributed by atoms with van der Waals surface area (Å²) in [6, 6.07) is 0.500. The minimum atomic E-state index is 0. The molecule has 7 heteroatoms. The SMILES string of the molecule is CSc1cnc(OC2CCNCC2)nc1.Cl.Cl. The van der Waals surface area contributed by atoms with Crippen LogP contribution in [0, 0.1) is 0 Å². The molecule has 98 valence electrons. The summed E-state index contributed by atoms with van der Waals surface area (Å²) in [7, 11) is 0. The summed E-state index contributed by atoms with van der Waals surface area (Å²) >= 11 is 1.63. The summed E-state index contributed by atoms with van der Waals surface area (Å²) in [6.07, 6.45) is 7.95. The fraction of sp³-hybridized carbons (Fsp3) is 0.600. The van der Waals surface area contributed by atoms with Crippen LogP contribution in [0.15, 0.2) is 17.3 Å². The number of thioether (sulfide) groups is 1. The lowest BCUT2D eigenvalue weighted by Crippen LogP contribution is -2.34. The van der Waals surface area contributed by atoms with E-state index in [1.54, 1.807) is 24.2 Å². The molecule has 0 bridgehead atoms. The summed E-state index contributed by atoms with van der Waals surface area (Å²) < 4.78 is 5.68. The van der Waals surface area contributed by atoms with Gasteiger partial charge in [0, 0.05) is 17.3 Å². The van der Waals surface area contributed by atoms with Crippen molar-refractivity contribution in [3.05, 3.63) is 12.4 Å². The molecule has 4 nitrogen and oxygen atoms in total. The Morgan fingerprint density at radius 2 is 1.82 bits per heavy atom. The number of ether oxygens (including phenoxy) is 1. The number of rotatable bonds is 3. The van der Waals surface area contributed by atoms with Crippen LogP contribution in [0.1, 0.15) is 12.8 Å². The quantitative estimate of drug-likeness (QED) is 0.867. The van der Waals surface area contributed by atoms with E-state index in [1.807, 2.05) is 6.26 Å². The molecule has 1 fully saturated rings. The van der Waals surface area contributed by atoms with Crippen molar-refractivity contribution >= 4 is 36.6 Å². The van der Waals surface area contributed by atoms with Crippen LogP contribution >= 0.6 is 36.6 Å². The van der Waals surface area contributed by atoms with Gasteiger partial charge in [-0.1, -0.05) is 0 Å². The van der Waals surface area contributed by atoms with Gasteiger partial charge in [-0.05, 0) is 32.2 Å². The number of nitrogens with zero attached hydrogens (tertiary/aromatic N) is 2. The van der Waals surface area contributed by atoms with Gasteiger partial charge < -0.3 is 10.1 Å². The smallest absolute Gasteiger partial charge is 0.316 e. The average Bonchev–Trinajstić information content (AvgIpc) is 2.31. The topological polar surface area (TPSA) is 47.0 Å². The zero-order valence-electron chi connectivity index (χ0n) is 9.59. The third kappa shape index (κ3) is 5.29. The van der Waals surface area contributed by atoms with Crippen LogP contribution < -0.4 is 10.1 Å². The van der Waals surface area contributed by atoms with Crippen molar-refractivity contribution in [1.82, 2.24) is 15.3 Å². The van der Waals surface area contributed by atoms with E-state index < -0.39 is 0 Å². The lowest BCUT2D eigenvalue weighted by atomic mass is 10.1. The molecule has 1 saturated heterocycles. The molecule has 0 radical (unpaired) electrons. The van der Waals surface area contributed by atoms with Crippen molar-refractivity contribution in [3.63, 3.8) is 0 Å². The van der Waals surface area contributed by atoms with Crippen LogP contribution in [-0.2, 0) is 0 Å². The molecule has 2 rings (SSSR count). The van der Waals surface area contributed by atoms with Crippen molar-refractivity contribution in [1.29, 1.82) is 0 Å². The molecule has 17 heavy (non-hydrogen) atoms. The molecule has 0 atom stereocenters. The first kappa shape index (κ1) is 16.8. The third-order valence-corrected chi connectivity index (χ3v) is 3.08. The molecule has 1 aromatic rings. The fourth-order valence-corrected chi connectivity index (χ4v) is 1.85.